The van der Waals surface area contributed by atoms with Gasteiger partial charge in [0.2, 0.25) is 0 Å². The first-order valence-corrected chi connectivity index (χ1v) is 10.9. The maximum atomic E-state index is 12.4. The van der Waals surface area contributed by atoms with Crippen molar-refractivity contribution in [2.24, 2.45) is 11.7 Å². The molecule has 0 saturated carbocycles. The number of rotatable bonds is 8. The Morgan fingerprint density at radius 1 is 1.16 bits per heavy atom. The van der Waals surface area contributed by atoms with E-state index in [0.717, 1.165) is 24.1 Å². The van der Waals surface area contributed by atoms with E-state index in [0.29, 0.717) is 24.7 Å². The highest BCUT2D eigenvalue weighted by Crippen LogP contribution is 2.27. The van der Waals surface area contributed by atoms with E-state index in [9.17, 15) is 4.79 Å². The predicted molar refractivity (Wildman–Crippen MR) is 125 cm³/mol. The van der Waals surface area contributed by atoms with Crippen LogP contribution in [0, 0.1) is 5.92 Å². The summed E-state index contributed by atoms with van der Waals surface area (Å²) in [6.45, 7) is 0. The summed E-state index contributed by atoms with van der Waals surface area (Å²) in [5.74, 6) is 0.881. The molecule has 158 valence electrons. The van der Waals surface area contributed by atoms with Gasteiger partial charge in [0, 0.05) is 25.0 Å². The molecule has 4 rings (SSSR count). The summed E-state index contributed by atoms with van der Waals surface area (Å²) in [5.41, 5.74) is 10.5. The van der Waals surface area contributed by atoms with Crippen LogP contribution in [0.3, 0.4) is 0 Å². The largest absolute Gasteiger partial charge is 0.351 e. The zero-order valence-electron chi connectivity index (χ0n) is 17.7. The number of hydrogen-bond donors (Lipinski definition) is 2. The van der Waals surface area contributed by atoms with E-state index in [1.165, 1.54) is 11.1 Å². The lowest BCUT2D eigenvalue weighted by Crippen LogP contribution is -2.33. The normalized spacial score (nSPS) is 21.7. The van der Waals surface area contributed by atoms with E-state index < -0.39 is 6.04 Å². The summed E-state index contributed by atoms with van der Waals surface area (Å²) in [6.07, 6.45) is 23.8. The van der Waals surface area contributed by atoms with Crippen LogP contribution in [0.4, 0.5) is 0 Å². The van der Waals surface area contributed by atoms with Crippen LogP contribution >= 0.6 is 0 Å². The van der Waals surface area contributed by atoms with Gasteiger partial charge >= 0.3 is 0 Å². The number of imidazole rings is 1. The fraction of sp³-hybridized carbons (Fsp3) is 0.259. The summed E-state index contributed by atoms with van der Waals surface area (Å²) >= 11 is 0. The maximum absolute atomic E-state index is 12.4. The molecule has 4 heteroatoms. The first-order chi connectivity index (χ1) is 15.2. The second kappa shape index (κ2) is 10.2. The Bertz CT molecular complexity index is 1030. The molecule has 0 spiro atoms. The van der Waals surface area contributed by atoms with Crippen molar-refractivity contribution in [3.63, 3.8) is 0 Å². The van der Waals surface area contributed by atoms with Crippen LogP contribution in [0.5, 0.6) is 0 Å². The fourth-order valence-electron chi connectivity index (χ4n) is 3.97. The molecule has 2 aliphatic rings. The molecule has 3 atom stereocenters. The van der Waals surface area contributed by atoms with E-state index in [1.807, 2.05) is 0 Å². The van der Waals surface area contributed by atoms with Gasteiger partial charge in [0.25, 0.3) is 0 Å². The van der Waals surface area contributed by atoms with Crippen molar-refractivity contribution >= 4 is 5.78 Å². The van der Waals surface area contributed by atoms with Gasteiger partial charge in [0.15, 0.2) is 5.78 Å². The average molecular weight is 412 g/mol. The third-order valence-electron chi connectivity index (χ3n) is 5.88. The van der Waals surface area contributed by atoms with Crippen molar-refractivity contribution in [2.75, 3.05) is 0 Å². The van der Waals surface area contributed by atoms with Crippen LogP contribution < -0.4 is 5.73 Å². The lowest BCUT2D eigenvalue weighted by atomic mass is 9.89. The standard InChI is InChI=1S/C27H29N3O/c28-26(17-25-18-29-19-30-25)27(31)16-22-10-8-20(9-11-22)6-7-21-12-14-24(15-13-21)23-4-2-1-3-5-23/h1-8,10-14,18-20,24,26H,9,15-17,28H2,(H,29,30)/b7-6+/t20?,24?,26-/m0/s1. The van der Waals surface area contributed by atoms with E-state index in [2.05, 4.69) is 88.9 Å². The second-order valence-corrected chi connectivity index (χ2v) is 8.23. The predicted octanol–water partition coefficient (Wildman–Crippen LogP) is 4.97. The molecule has 0 fully saturated rings. The van der Waals surface area contributed by atoms with Gasteiger partial charge in [-0.1, -0.05) is 78.9 Å². The van der Waals surface area contributed by atoms with E-state index in [-0.39, 0.29) is 5.78 Å². The number of benzene rings is 1. The van der Waals surface area contributed by atoms with Crippen molar-refractivity contribution in [1.29, 1.82) is 0 Å². The van der Waals surface area contributed by atoms with Crippen molar-refractivity contribution in [3.8, 4) is 0 Å². The number of nitrogens with two attached hydrogens (primary N) is 1. The minimum Gasteiger partial charge on any atom is -0.351 e. The van der Waals surface area contributed by atoms with Crippen LogP contribution in [-0.2, 0) is 11.2 Å². The molecule has 0 saturated heterocycles. The van der Waals surface area contributed by atoms with Gasteiger partial charge in [-0.2, -0.15) is 0 Å². The van der Waals surface area contributed by atoms with Crippen LogP contribution in [0.15, 0.2) is 103 Å². The Kier molecular flexibility index (Phi) is 6.90. The first-order valence-electron chi connectivity index (χ1n) is 10.9. The maximum Gasteiger partial charge on any atom is 0.154 e. The Hall–Kier alpha value is -3.24. The number of Topliss-reactive ketones (excluding diaryl/α,β-unsaturated/α-hetero) is 1. The number of aromatic nitrogens is 2. The average Bonchev–Trinajstić information content (AvgIpc) is 3.32. The molecule has 0 radical (unpaired) electrons. The summed E-state index contributed by atoms with van der Waals surface area (Å²) in [5, 5.41) is 0. The molecule has 1 aromatic carbocycles. The molecule has 2 aliphatic carbocycles. The number of nitrogens with one attached hydrogen (secondary N) is 1. The molecule has 31 heavy (non-hydrogen) atoms. The molecule has 0 amide bonds. The molecular weight excluding hydrogens is 382 g/mol. The smallest absolute Gasteiger partial charge is 0.154 e. The molecular formula is C27H29N3O. The number of ketones is 1. The number of hydrogen-bond acceptors (Lipinski definition) is 3. The van der Waals surface area contributed by atoms with Gasteiger partial charge in [-0.05, 0) is 35.5 Å². The quantitative estimate of drug-likeness (QED) is 0.644. The van der Waals surface area contributed by atoms with Crippen molar-refractivity contribution < 1.29 is 4.79 Å². The van der Waals surface area contributed by atoms with Crippen molar-refractivity contribution in [3.05, 3.63) is 114 Å². The number of nitrogens with zero attached hydrogens (tertiary/aromatic N) is 1. The lowest BCUT2D eigenvalue weighted by molar-refractivity contribution is -0.119. The Balaban J connectivity index is 1.24. The molecule has 3 N–H and O–H groups in total. The van der Waals surface area contributed by atoms with E-state index >= 15 is 0 Å². The molecule has 1 aromatic heterocycles. The highest BCUT2D eigenvalue weighted by Gasteiger charge is 2.17. The van der Waals surface area contributed by atoms with Gasteiger partial charge < -0.3 is 10.7 Å². The van der Waals surface area contributed by atoms with Crippen molar-refractivity contribution in [1.82, 2.24) is 9.97 Å². The molecule has 2 aromatic rings. The molecule has 4 nitrogen and oxygen atoms in total. The second-order valence-electron chi connectivity index (χ2n) is 8.23. The van der Waals surface area contributed by atoms with Gasteiger partial charge in [0.1, 0.15) is 0 Å². The topological polar surface area (TPSA) is 71.8 Å². The molecule has 0 bridgehead atoms. The molecule has 0 aliphatic heterocycles. The van der Waals surface area contributed by atoms with Gasteiger partial charge in [-0.3, -0.25) is 4.79 Å². The number of carbonyl (C=O) groups excluding carboxylic acids is 1. The minimum absolute atomic E-state index is 0.0540. The summed E-state index contributed by atoms with van der Waals surface area (Å²) in [7, 11) is 0. The van der Waals surface area contributed by atoms with Crippen LogP contribution in [0.25, 0.3) is 0 Å². The monoisotopic (exact) mass is 411 g/mol. The van der Waals surface area contributed by atoms with Gasteiger partial charge in [0.05, 0.1) is 18.1 Å². The summed E-state index contributed by atoms with van der Waals surface area (Å²) in [4.78, 5) is 19.4. The lowest BCUT2D eigenvalue weighted by Gasteiger charge is -2.16. The number of aromatic amines is 1. The fourth-order valence-corrected chi connectivity index (χ4v) is 3.97. The summed E-state index contributed by atoms with van der Waals surface area (Å²) in [6, 6.07) is 10.1. The van der Waals surface area contributed by atoms with Gasteiger partial charge in [-0.25, -0.2) is 4.98 Å². The van der Waals surface area contributed by atoms with Crippen LogP contribution in [0.1, 0.15) is 36.4 Å². The first kappa shape index (κ1) is 21.0. The van der Waals surface area contributed by atoms with Crippen LogP contribution in [-0.4, -0.2) is 21.8 Å². The summed E-state index contributed by atoms with van der Waals surface area (Å²) < 4.78 is 0. The Morgan fingerprint density at radius 2 is 2.03 bits per heavy atom. The minimum atomic E-state index is -0.514. The van der Waals surface area contributed by atoms with E-state index in [1.54, 1.807) is 12.5 Å². The molecule has 1 heterocycles. The highest BCUT2D eigenvalue weighted by molar-refractivity contribution is 5.86. The SMILES string of the molecule is N[C@@H](Cc1c[nH]cn1)C(=O)CC1=CCC(/C=C/C2=CCC(c3ccccc3)C=C2)C=C1. The Labute approximate surface area is 184 Å². The third-order valence-corrected chi connectivity index (χ3v) is 5.88. The number of carbonyl (C=O) groups is 1. The zero-order valence-corrected chi connectivity index (χ0v) is 17.7. The highest BCUT2D eigenvalue weighted by atomic mass is 16.1. The molecule has 2 unspecified atom stereocenters. The Morgan fingerprint density at radius 3 is 2.71 bits per heavy atom. The van der Waals surface area contributed by atoms with E-state index in [4.69, 9.17) is 5.73 Å². The van der Waals surface area contributed by atoms with Crippen molar-refractivity contribution in [2.45, 2.75) is 37.6 Å². The number of allylic oxidation sites excluding steroid dienone is 10. The van der Waals surface area contributed by atoms with Gasteiger partial charge in [-0.15, -0.1) is 0 Å². The zero-order chi connectivity index (χ0) is 21.5. The third kappa shape index (κ3) is 5.89. The van der Waals surface area contributed by atoms with Crippen LogP contribution in [0.2, 0.25) is 0 Å². The number of H-pyrrole nitrogens is 1.